The molecule has 1 rings (SSSR count). The Morgan fingerprint density at radius 1 is 1.18 bits per heavy atom. The normalized spacial score (nSPS) is 7.91. The van der Waals surface area contributed by atoms with E-state index in [2.05, 4.69) is 4.98 Å². The predicted octanol–water partition coefficient (Wildman–Crippen LogP) is -1.39. The van der Waals surface area contributed by atoms with Crippen molar-refractivity contribution < 1.29 is 15.1 Å². The van der Waals surface area contributed by atoms with Crippen LogP contribution in [0.2, 0.25) is 0 Å². The van der Waals surface area contributed by atoms with Gasteiger partial charge in [0.15, 0.2) is 0 Å². The number of anilines is 1. The number of aromatic nitrogens is 1. The molecular formula is C5H9BN2O3. The fourth-order valence-electron chi connectivity index (χ4n) is 0.363. The van der Waals surface area contributed by atoms with Crippen molar-refractivity contribution in [2.75, 3.05) is 5.73 Å². The van der Waals surface area contributed by atoms with Crippen molar-refractivity contribution in [3.63, 3.8) is 0 Å². The second-order valence-corrected chi connectivity index (χ2v) is 1.63. The summed E-state index contributed by atoms with van der Waals surface area (Å²) >= 11 is 0. The Labute approximate surface area is 64.3 Å². The Balaban J connectivity index is 0.000000218. The maximum Gasteiger partial charge on any atom is 0.631 e. The Morgan fingerprint density at radius 3 is 1.73 bits per heavy atom. The van der Waals surface area contributed by atoms with Crippen LogP contribution in [0.3, 0.4) is 0 Å². The van der Waals surface area contributed by atoms with Crippen molar-refractivity contribution in [1.82, 2.24) is 4.98 Å². The lowest BCUT2D eigenvalue weighted by Crippen LogP contribution is -2.07. The molecule has 0 saturated heterocycles. The van der Waals surface area contributed by atoms with Crippen LogP contribution in [0.4, 0.5) is 5.69 Å². The average molecular weight is 156 g/mol. The molecule has 0 aliphatic carbocycles. The van der Waals surface area contributed by atoms with Crippen LogP contribution >= 0.6 is 0 Å². The fraction of sp³-hybridized carbons (Fsp3) is 0. The lowest BCUT2D eigenvalue weighted by atomic mass is 10.3. The van der Waals surface area contributed by atoms with E-state index in [1.165, 1.54) is 0 Å². The highest BCUT2D eigenvalue weighted by Crippen LogP contribution is 1.92. The second-order valence-electron chi connectivity index (χ2n) is 1.63. The van der Waals surface area contributed by atoms with E-state index in [0.717, 1.165) is 5.69 Å². The van der Waals surface area contributed by atoms with E-state index in [1.54, 1.807) is 24.5 Å². The van der Waals surface area contributed by atoms with E-state index in [9.17, 15) is 0 Å². The van der Waals surface area contributed by atoms with Crippen molar-refractivity contribution in [2.24, 2.45) is 0 Å². The summed E-state index contributed by atoms with van der Waals surface area (Å²) in [5.74, 6) is 0. The zero-order valence-electron chi connectivity index (χ0n) is 5.75. The first kappa shape index (κ1) is 9.89. The molecule has 11 heavy (non-hydrogen) atoms. The third kappa shape index (κ3) is 8.89. The number of rotatable bonds is 0. The molecule has 5 nitrogen and oxygen atoms in total. The summed E-state index contributed by atoms with van der Waals surface area (Å²) < 4.78 is 0. The van der Waals surface area contributed by atoms with Crippen LogP contribution in [0.15, 0.2) is 24.5 Å². The van der Waals surface area contributed by atoms with E-state index >= 15 is 0 Å². The van der Waals surface area contributed by atoms with Gasteiger partial charge in [0, 0.05) is 18.1 Å². The van der Waals surface area contributed by atoms with Gasteiger partial charge in [0.05, 0.1) is 0 Å². The molecule has 0 atom stereocenters. The van der Waals surface area contributed by atoms with E-state index in [-0.39, 0.29) is 0 Å². The van der Waals surface area contributed by atoms with Gasteiger partial charge in [-0.25, -0.2) is 0 Å². The van der Waals surface area contributed by atoms with Crippen molar-refractivity contribution in [3.8, 4) is 0 Å². The minimum atomic E-state index is -2.17. The minimum absolute atomic E-state index is 0.759. The van der Waals surface area contributed by atoms with E-state index in [1.807, 2.05) is 0 Å². The van der Waals surface area contributed by atoms with E-state index in [4.69, 9.17) is 20.8 Å². The average Bonchev–Trinajstić information content (AvgIpc) is 1.87. The molecule has 0 amide bonds. The van der Waals surface area contributed by atoms with Crippen molar-refractivity contribution in [1.29, 1.82) is 0 Å². The predicted molar refractivity (Wildman–Crippen MR) is 41.1 cm³/mol. The third-order valence-corrected chi connectivity index (χ3v) is 0.706. The monoisotopic (exact) mass is 156 g/mol. The Hall–Kier alpha value is -1.11. The summed E-state index contributed by atoms with van der Waals surface area (Å²) in [6.07, 6.45) is 3.32. The van der Waals surface area contributed by atoms with Crippen LogP contribution in [0.1, 0.15) is 0 Å². The largest absolute Gasteiger partial charge is 0.631 e. The first-order chi connectivity index (χ1) is 5.13. The maximum absolute atomic E-state index is 7.17. The molecule has 0 saturated carbocycles. The molecule has 1 aromatic rings. The van der Waals surface area contributed by atoms with Crippen LogP contribution in [0.25, 0.3) is 0 Å². The lowest BCUT2D eigenvalue weighted by molar-refractivity contribution is 0.278. The molecule has 5 N–H and O–H groups in total. The molecule has 60 valence electrons. The number of hydrogen-bond acceptors (Lipinski definition) is 5. The third-order valence-electron chi connectivity index (χ3n) is 0.706. The van der Waals surface area contributed by atoms with E-state index in [0.29, 0.717) is 0 Å². The van der Waals surface area contributed by atoms with Crippen LogP contribution < -0.4 is 5.73 Å². The van der Waals surface area contributed by atoms with Crippen LogP contribution in [-0.2, 0) is 0 Å². The molecule has 0 radical (unpaired) electrons. The molecule has 6 heteroatoms. The summed E-state index contributed by atoms with van der Waals surface area (Å²) in [5, 5.41) is 21.5. The summed E-state index contributed by atoms with van der Waals surface area (Å²) in [7, 11) is -2.17. The second kappa shape index (κ2) is 5.66. The molecule has 0 bridgehead atoms. The van der Waals surface area contributed by atoms with E-state index < -0.39 is 7.32 Å². The van der Waals surface area contributed by atoms with Gasteiger partial charge in [-0.2, -0.15) is 0 Å². The SMILES string of the molecule is Nc1ccncc1.OB(O)O. The standard InChI is InChI=1S/C5H6N2.BH3O3/c6-5-1-3-7-4-2-5;2-1(3)4/h1-4H,(H2,6,7);2-4H. The van der Waals surface area contributed by atoms with Gasteiger partial charge in [-0.05, 0) is 12.1 Å². The van der Waals surface area contributed by atoms with Crippen molar-refractivity contribution in [2.45, 2.75) is 0 Å². The molecule has 0 aromatic carbocycles. The van der Waals surface area contributed by atoms with Gasteiger partial charge in [-0.15, -0.1) is 0 Å². The quantitative estimate of drug-likeness (QED) is 0.346. The summed E-state index contributed by atoms with van der Waals surface area (Å²) in [6.45, 7) is 0. The Morgan fingerprint density at radius 2 is 1.55 bits per heavy atom. The zero-order chi connectivity index (χ0) is 8.69. The molecule has 0 spiro atoms. The van der Waals surface area contributed by atoms with Gasteiger partial charge < -0.3 is 20.8 Å². The first-order valence-corrected chi connectivity index (χ1v) is 2.82. The number of nitrogens with zero attached hydrogens (tertiary/aromatic N) is 1. The number of hydrogen-bond donors (Lipinski definition) is 4. The van der Waals surface area contributed by atoms with Gasteiger partial charge in [-0.3, -0.25) is 4.98 Å². The molecule has 1 aromatic heterocycles. The maximum atomic E-state index is 7.17. The summed E-state index contributed by atoms with van der Waals surface area (Å²) in [6, 6.07) is 3.50. The summed E-state index contributed by atoms with van der Waals surface area (Å²) in [5.41, 5.74) is 6.08. The molecule has 0 fully saturated rings. The molecule has 0 aliphatic rings. The van der Waals surface area contributed by atoms with Crippen LogP contribution in [0.5, 0.6) is 0 Å². The lowest BCUT2D eigenvalue weighted by Gasteiger charge is -1.83. The highest BCUT2D eigenvalue weighted by atomic mass is 16.5. The van der Waals surface area contributed by atoms with Crippen molar-refractivity contribution >= 4 is 13.0 Å². The molecule has 0 aliphatic heterocycles. The molecular weight excluding hydrogens is 147 g/mol. The highest BCUT2D eigenvalue weighted by Gasteiger charge is 1.92. The van der Waals surface area contributed by atoms with Crippen molar-refractivity contribution in [3.05, 3.63) is 24.5 Å². The minimum Gasteiger partial charge on any atom is -0.402 e. The zero-order valence-corrected chi connectivity index (χ0v) is 5.75. The highest BCUT2D eigenvalue weighted by molar-refractivity contribution is 6.30. The molecule has 1 heterocycles. The fourth-order valence-corrected chi connectivity index (χ4v) is 0.363. The van der Waals surface area contributed by atoms with Gasteiger partial charge in [-0.1, -0.05) is 0 Å². The summed E-state index contributed by atoms with van der Waals surface area (Å²) in [4.78, 5) is 3.77. The first-order valence-electron chi connectivity index (χ1n) is 2.82. The van der Waals surface area contributed by atoms with Gasteiger partial charge >= 0.3 is 7.32 Å². The number of nitrogen functional groups attached to an aromatic ring is 1. The Bertz CT molecular complexity index is 180. The van der Waals surface area contributed by atoms with Crippen LogP contribution in [0, 0.1) is 0 Å². The number of nitrogens with two attached hydrogens (primary N) is 1. The van der Waals surface area contributed by atoms with Gasteiger partial charge in [0.25, 0.3) is 0 Å². The van der Waals surface area contributed by atoms with Gasteiger partial charge in [0.2, 0.25) is 0 Å². The van der Waals surface area contributed by atoms with Crippen LogP contribution in [-0.4, -0.2) is 27.4 Å². The topological polar surface area (TPSA) is 99.6 Å². The van der Waals surface area contributed by atoms with Gasteiger partial charge in [0.1, 0.15) is 0 Å². The smallest absolute Gasteiger partial charge is 0.402 e. The Kier molecular flexibility index (Phi) is 5.09. The molecule has 0 unspecified atom stereocenters. The number of pyridine rings is 1.